The van der Waals surface area contributed by atoms with Crippen LogP contribution in [0.15, 0.2) is 79.0 Å². The van der Waals surface area contributed by atoms with Gasteiger partial charge in [0.2, 0.25) is 11.8 Å². The second kappa shape index (κ2) is 9.52. The highest BCUT2D eigenvalue weighted by Crippen LogP contribution is 2.36. The molecule has 1 aromatic heterocycles. The number of fused-ring (bicyclic) bond motifs is 1. The molecule has 37 heavy (non-hydrogen) atoms. The molecular formula is C30H26N4O3. The number of carbonyl (C=O) groups is 2. The fraction of sp³-hybridized carbons (Fsp3) is 0.167. The first-order valence-electron chi connectivity index (χ1n) is 12.4. The van der Waals surface area contributed by atoms with E-state index in [-0.39, 0.29) is 12.3 Å². The standard InChI is InChI=1S/C30H26N4O3/c35-17-26(30(37)32-23-13-11-22-16-31-34-25(22)15-23)33-27(36)6-2-3-18-7-8-21-10-9-19-4-1-5-20-12-14-24(18)29(21)28(19)20/h1,4-5,7-16,26,35H,2-3,6,17H2,(H,31,34)(H,32,37)(H,33,36)/t26-/m0/s1. The van der Waals surface area contributed by atoms with Crippen LogP contribution < -0.4 is 10.6 Å². The van der Waals surface area contributed by atoms with Crippen LogP contribution in [-0.2, 0) is 16.0 Å². The zero-order valence-electron chi connectivity index (χ0n) is 20.1. The molecule has 0 aliphatic heterocycles. The number of nitrogens with one attached hydrogen (secondary N) is 3. The fourth-order valence-corrected chi connectivity index (χ4v) is 5.16. The summed E-state index contributed by atoms with van der Waals surface area (Å²) in [6.45, 7) is -0.487. The molecule has 4 N–H and O–H groups in total. The lowest BCUT2D eigenvalue weighted by molar-refractivity contribution is -0.127. The Labute approximate surface area is 212 Å². The van der Waals surface area contributed by atoms with Gasteiger partial charge in [-0.15, -0.1) is 0 Å². The SMILES string of the molecule is O=C(CCCc1ccc2ccc3cccc4ccc1c2c34)N[C@@H](CO)C(=O)Nc1ccc2cn[nH]c2c1. The van der Waals surface area contributed by atoms with Crippen molar-refractivity contribution < 1.29 is 14.7 Å². The number of benzene rings is 5. The number of rotatable bonds is 8. The van der Waals surface area contributed by atoms with Gasteiger partial charge in [0.05, 0.1) is 18.3 Å². The number of aromatic amines is 1. The number of aliphatic hydroxyl groups is 1. The molecule has 0 aliphatic carbocycles. The van der Waals surface area contributed by atoms with E-state index >= 15 is 0 Å². The second-order valence-electron chi connectivity index (χ2n) is 9.40. The third kappa shape index (κ3) is 4.34. The average Bonchev–Trinajstić information content (AvgIpc) is 3.39. The molecule has 1 atom stereocenters. The first-order valence-corrected chi connectivity index (χ1v) is 12.4. The Morgan fingerprint density at radius 1 is 0.892 bits per heavy atom. The largest absolute Gasteiger partial charge is 0.394 e. The lowest BCUT2D eigenvalue weighted by Gasteiger charge is -2.17. The van der Waals surface area contributed by atoms with Crippen LogP contribution >= 0.6 is 0 Å². The molecule has 0 saturated carbocycles. The Bertz CT molecular complexity index is 1740. The van der Waals surface area contributed by atoms with E-state index < -0.39 is 18.6 Å². The third-order valence-electron chi connectivity index (χ3n) is 7.01. The molecule has 0 unspecified atom stereocenters. The van der Waals surface area contributed by atoms with Gasteiger partial charge in [0, 0.05) is 17.5 Å². The highest BCUT2D eigenvalue weighted by Gasteiger charge is 2.20. The number of nitrogens with zero attached hydrogens (tertiary/aromatic N) is 1. The van der Waals surface area contributed by atoms with Crippen molar-refractivity contribution in [2.24, 2.45) is 0 Å². The predicted molar refractivity (Wildman–Crippen MR) is 147 cm³/mol. The Balaban J connectivity index is 1.10. The number of anilines is 1. The Hall–Kier alpha value is -4.49. The molecule has 0 fully saturated rings. The van der Waals surface area contributed by atoms with E-state index in [9.17, 15) is 14.7 Å². The monoisotopic (exact) mass is 490 g/mol. The van der Waals surface area contributed by atoms with Crippen molar-refractivity contribution in [1.29, 1.82) is 0 Å². The minimum atomic E-state index is -1.03. The molecule has 0 spiro atoms. The average molecular weight is 491 g/mol. The summed E-state index contributed by atoms with van der Waals surface area (Å²) in [5.41, 5.74) is 2.54. The first-order chi connectivity index (χ1) is 18.1. The van der Waals surface area contributed by atoms with Crippen LogP contribution in [0.5, 0.6) is 0 Å². The molecule has 0 radical (unpaired) electrons. The Morgan fingerprint density at radius 2 is 1.62 bits per heavy atom. The Kier molecular flexibility index (Phi) is 5.90. The summed E-state index contributed by atoms with van der Waals surface area (Å²) in [4.78, 5) is 25.3. The molecule has 7 nitrogen and oxygen atoms in total. The molecule has 0 saturated heterocycles. The highest BCUT2D eigenvalue weighted by atomic mass is 16.3. The van der Waals surface area contributed by atoms with Gasteiger partial charge in [0.1, 0.15) is 6.04 Å². The van der Waals surface area contributed by atoms with Crippen LogP contribution in [0.4, 0.5) is 5.69 Å². The van der Waals surface area contributed by atoms with Crippen molar-refractivity contribution in [3.8, 4) is 0 Å². The minimum absolute atomic E-state index is 0.256. The van der Waals surface area contributed by atoms with E-state index in [0.717, 1.165) is 17.3 Å². The number of carbonyl (C=O) groups excluding carboxylic acids is 2. The molecule has 6 rings (SSSR count). The van der Waals surface area contributed by atoms with Crippen LogP contribution in [0.25, 0.3) is 43.2 Å². The van der Waals surface area contributed by atoms with Crippen molar-refractivity contribution in [3.05, 3.63) is 84.6 Å². The minimum Gasteiger partial charge on any atom is -0.394 e. The number of hydrogen-bond acceptors (Lipinski definition) is 4. The third-order valence-corrected chi connectivity index (χ3v) is 7.01. The van der Waals surface area contributed by atoms with Crippen molar-refractivity contribution in [2.45, 2.75) is 25.3 Å². The summed E-state index contributed by atoms with van der Waals surface area (Å²) in [5.74, 6) is -0.738. The number of aromatic nitrogens is 2. The maximum absolute atomic E-state index is 12.7. The molecule has 1 heterocycles. The van der Waals surface area contributed by atoms with Crippen molar-refractivity contribution in [1.82, 2.24) is 15.5 Å². The summed E-state index contributed by atoms with van der Waals surface area (Å²) in [5, 5.41) is 30.3. The van der Waals surface area contributed by atoms with E-state index in [0.29, 0.717) is 12.1 Å². The summed E-state index contributed by atoms with van der Waals surface area (Å²) in [7, 11) is 0. The highest BCUT2D eigenvalue weighted by molar-refractivity contribution is 6.23. The van der Waals surface area contributed by atoms with E-state index in [2.05, 4.69) is 75.4 Å². The van der Waals surface area contributed by atoms with Gasteiger partial charge in [0.15, 0.2) is 0 Å². The van der Waals surface area contributed by atoms with Crippen molar-refractivity contribution in [2.75, 3.05) is 11.9 Å². The van der Waals surface area contributed by atoms with Gasteiger partial charge in [-0.05, 0) is 68.9 Å². The second-order valence-corrected chi connectivity index (χ2v) is 9.40. The van der Waals surface area contributed by atoms with Gasteiger partial charge < -0.3 is 15.7 Å². The van der Waals surface area contributed by atoms with Crippen LogP contribution in [0, 0.1) is 0 Å². The number of amides is 2. The van der Waals surface area contributed by atoms with Gasteiger partial charge in [0.25, 0.3) is 0 Å². The van der Waals surface area contributed by atoms with Gasteiger partial charge in [-0.1, -0.05) is 54.6 Å². The molecule has 184 valence electrons. The van der Waals surface area contributed by atoms with Gasteiger partial charge in [-0.25, -0.2) is 0 Å². The first kappa shape index (κ1) is 22.9. The summed E-state index contributed by atoms with van der Waals surface area (Å²) >= 11 is 0. The maximum atomic E-state index is 12.7. The molecule has 0 bridgehead atoms. The Morgan fingerprint density at radius 3 is 2.43 bits per heavy atom. The zero-order valence-corrected chi connectivity index (χ0v) is 20.1. The molecule has 6 aromatic rings. The van der Waals surface area contributed by atoms with Crippen LogP contribution in [0.2, 0.25) is 0 Å². The quantitative estimate of drug-likeness (QED) is 0.228. The van der Waals surface area contributed by atoms with Crippen molar-refractivity contribution >= 4 is 60.7 Å². The molecule has 5 aromatic carbocycles. The van der Waals surface area contributed by atoms with E-state index in [1.54, 1.807) is 18.3 Å². The summed E-state index contributed by atoms with van der Waals surface area (Å²) in [6.07, 6.45) is 3.32. The maximum Gasteiger partial charge on any atom is 0.249 e. The lowest BCUT2D eigenvalue weighted by Crippen LogP contribution is -2.46. The number of hydrogen-bond donors (Lipinski definition) is 4. The molecule has 0 aliphatic rings. The zero-order chi connectivity index (χ0) is 25.4. The lowest BCUT2D eigenvalue weighted by atomic mass is 9.90. The predicted octanol–water partition coefficient (Wildman–Crippen LogP) is 4.90. The van der Waals surface area contributed by atoms with E-state index in [4.69, 9.17) is 0 Å². The summed E-state index contributed by atoms with van der Waals surface area (Å²) < 4.78 is 0. The van der Waals surface area contributed by atoms with Gasteiger partial charge in [-0.2, -0.15) is 5.10 Å². The number of H-pyrrole nitrogens is 1. The molecular weight excluding hydrogens is 464 g/mol. The molecule has 2 amide bonds. The fourth-order valence-electron chi connectivity index (χ4n) is 5.16. The van der Waals surface area contributed by atoms with E-state index in [1.165, 1.54) is 37.9 Å². The van der Waals surface area contributed by atoms with Crippen LogP contribution in [0.3, 0.4) is 0 Å². The normalized spacial score (nSPS) is 12.5. The van der Waals surface area contributed by atoms with E-state index in [1.807, 2.05) is 6.07 Å². The van der Waals surface area contributed by atoms with Gasteiger partial charge >= 0.3 is 0 Å². The summed E-state index contributed by atoms with van der Waals surface area (Å²) in [6, 6.07) is 23.6. The van der Waals surface area contributed by atoms with Gasteiger partial charge in [-0.3, -0.25) is 14.7 Å². The number of aliphatic hydroxyl groups excluding tert-OH is 1. The van der Waals surface area contributed by atoms with Crippen LogP contribution in [-0.4, -0.2) is 39.8 Å². The topological polar surface area (TPSA) is 107 Å². The smallest absolute Gasteiger partial charge is 0.249 e. The number of aryl methyl sites for hydroxylation is 1. The van der Waals surface area contributed by atoms with Crippen molar-refractivity contribution in [3.63, 3.8) is 0 Å². The molecule has 7 heteroatoms. The van der Waals surface area contributed by atoms with Crippen LogP contribution in [0.1, 0.15) is 18.4 Å².